The Hall–Kier alpha value is -3.89. The van der Waals surface area contributed by atoms with Crippen LogP contribution in [0, 0.1) is 0 Å². The number of rotatable bonds is 18. The van der Waals surface area contributed by atoms with Gasteiger partial charge in [0, 0.05) is 24.5 Å². The van der Waals surface area contributed by atoms with Crippen LogP contribution in [-0.4, -0.2) is 116 Å². The maximum Gasteiger partial charge on any atom is 0.490 e. The number of aromatic nitrogens is 4. The Morgan fingerprint density at radius 1 is 0.758 bits per heavy atom. The highest BCUT2D eigenvalue weighted by Crippen LogP contribution is 2.66. The van der Waals surface area contributed by atoms with Crippen LogP contribution in [0.4, 0.5) is 8.78 Å². The predicted octanol–water partition coefficient (Wildman–Crippen LogP) is 0.523. The molecule has 1 aromatic carbocycles. The molecule has 0 aliphatic carbocycles. The lowest BCUT2D eigenvalue weighted by atomic mass is 9.98. The minimum Gasteiger partial charge on any atom is -0.462 e. The standard InChI is InChI=1S/C22H29FN3O9P.C10H16FN2O14P3/c1-13(2)33-19(29)14(3)25-36(31,35-15-8-6-5-7-9-15)32-12-16-18(28)22(4,23)20(34-16)26-11-10-17(27)24-21(26)30;1-10(11)7(15)5(25-8(10)13-3-2-6(14)12-9(13)16)4-24-29(20,21)27-30(22,23)26-28(17,18)19/h5-11,13-14,16,18,20,28H,12H2,1-4H3,(H,25,31)(H,24,27,30);2-3,5,7-8,15H,4H2,1H3,(H,20,21)(H,22,23)(H,12,14,16)(H2,17,18,19)/t14-,16?,18+,20+,22+,36-;5?,7-,8-,10-/m01/s1. The van der Waals surface area contributed by atoms with Gasteiger partial charge in [-0.2, -0.15) is 13.7 Å². The molecule has 4 unspecified atom stereocenters. The van der Waals surface area contributed by atoms with Crippen molar-refractivity contribution < 1.29 is 98.0 Å². The fourth-order valence-electron chi connectivity index (χ4n) is 5.90. The number of aromatic amines is 2. The van der Waals surface area contributed by atoms with Gasteiger partial charge in [0.15, 0.2) is 23.8 Å². The number of ether oxygens (including phenoxy) is 3. The first kappa shape index (κ1) is 54.7. The van der Waals surface area contributed by atoms with E-state index >= 15 is 4.39 Å². The average Bonchev–Trinajstić information content (AvgIpc) is 3.53. The molecule has 34 heteroatoms. The van der Waals surface area contributed by atoms with Crippen molar-refractivity contribution in [3.8, 4) is 5.75 Å². The minimum atomic E-state index is -5.77. The number of nitrogens with one attached hydrogen (secondary N) is 3. The second-order valence-corrected chi connectivity index (χ2v) is 20.8. The van der Waals surface area contributed by atoms with Crippen LogP contribution in [0.3, 0.4) is 0 Å². The fourth-order valence-corrected chi connectivity index (χ4v) is 10.4. The molecule has 66 heavy (non-hydrogen) atoms. The largest absolute Gasteiger partial charge is 0.490 e. The summed E-state index contributed by atoms with van der Waals surface area (Å²) in [6, 6.07) is 8.73. The zero-order valence-corrected chi connectivity index (χ0v) is 38.4. The lowest BCUT2D eigenvalue weighted by Gasteiger charge is -2.25. The van der Waals surface area contributed by atoms with E-state index in [0.717, 1.165) is 42.9 Å². The van der Waals surface area contributed by atoms with E-state index in [-0.39, 0.29) is 5.75 Å². The van der Waals surface area contributed by atoms with Crippen molar-refractivity contribution >= 4 is 37.2 Å². The van der Waals surface area contributed by atoms with Gasteiger partial charge in [0.05, 0.1) is 19.3 Å². The Kier molecular flexibility index (Phi) is 17.6. The molecular weight excluding hydrogens is 984 g/mol. The summed E-state index contributed by atoms with van der Waals surface area (Å²) in [5.74, 6) is -0.560. The Morgan fingerprint density at radius 2 is 1.21 bits per heavy atom. The molecule has 0 amide bonds. The number of para-hydroxylation sites is 1. The highest BCUT2D eigenvalue weighted by atomic mass is 31.3. The topological polar surface area (TPSA) is 402 Å². The Labute approximate surface area is 369 Å². The Balaban J connectivity index is 0.000000294. The molecule has 28 nitrogen and oxygen atoms in total. The number of halogens is 2. The number of esters is 1. The molecule has 0 radical (unpaired) electrons. The zero-order valence-electron chi connectivity index (χ0n) is 34.8. The fraction of sp³-hybridized carbons (Fsp3) is 0.531. The van der Waals surface area contributed by atoms with E-state index in [2.05, 4.69) is 18.2 Å². The molecule has 0 bridgehead atoms. The summed E-state index contributed by atoms with van der Waals surface area (Å²) in [6.07, 6.45) is -8.93. The van der Waals surface area contributed by atoms with Gasteiger partial charge in [-0.05, 0) is 46.8 Å². The molecule has 2 fully saturated rings. The quantitative estimate of drug-likeness (QED) is 0.0619. The van der Waals surface area contributed by atoms with Gasteiger partial charge in [0.1, 0.15) is 36.2 Å². The van der Waals surface area contributed by atoms with E-state index < -0.39 is 133 Å². The van der Waals surface area contributed by atoms with E-state index in [9.17, 15) is 61.7 Å². The lowest BCUT2D eigenvalue weighted by Crippen LogP contribution is -2.43. The second kappa shape index (κ2) is 21.2. The molecule has 2 aliphatic rings. The van der Waals surface area contributed by atoms with Crippen molar-refractivity contribution in [3.05, 3.63) is 96.5 Å². The van der Waals surface area contributed by atoms with E-state index in [1.165, 1.54) is 19.1 Å². The van der Waals surface area contributed by atoms with E-state index in [1.807, 2.05) is 9.97 Å². The number of H-pyrrole nitrogens is 2. The van der Waals surface area contributed by atoms with Crippen molar-refractivity contribution in [2.45, 2.75) is 95.0 Å². The predicted molar refractivity (Wildman–Crippen MR) is 216 cm³/mol. The van der Waals surface area contributed by atoms with E-state index in [0.29, 0.717) is 4.57 Å². The van der Waals surface area contributed by atoms with Gasteiger partial charge in [-0.15, -0.1) is 0 Å². The Morgan fingerprint density at radius 3 is 1.64 bits per heavy atom. The van der Waals surface area contributed by atoms with Gasteiger partial charge in [0.2, 0.25) is 0 Å². The SMILES string of the molecule is CC(C)OC(=O)[C@H](C)N[P@](=O)(OCC1O[C@@H](n2ccc(=O)[nH]c2=O)[C@](C)(F)[C@@H]1O)Oc1ccccc1.C[C@@]1(F)[C@H](O)C(COP(=O)(O)OP(=O)(O)OP(=O)(O)O)O[C@H]1n1ccc(=O)[nH]c1=O. The zero-order chi connectivity index (χ0) is 49.8. The van der Waals surface area contributed by atoms with Gasteiger partial charge >= 0.3 is 48.6 Å². The average molecular weight is 1030 g/mol. The number of alkyl halides is 2. The summed E-state index contributed by atoms with van der Waals surface area (Å²) in [4.78, 5) is 97.8. The molecule has 12 atom stereocenters. The Bertz CT molecular complexity index is 2620. The van der Waals surface area contributed by atoms with Crippen molar-refractivity contribution in [1.29, 1.82) is 0 Å². The lowest BCUT2D eigenvalue weighted by molar-refractivity contribution is -0.149. The number of carbonyl (C=O) groups excluding carboxylic acids is 1. The number of benzene rings is 1. The third-order valence-electron chi connectivity index (χ3n) is 8.89. The molecule has 3 aromatic rings. The number of hydrogen-bond donors (Lipinski definition) is 9. The van der Waals surface area contributed by atoms with Crippen LogP contribution in [0.2, 0.25) is 0 Å². The maximum absolute atomic E-state index is 15.4. The van der Waals surface area contributed by atoms with Crippen molar-refractivity contribution in [1.82, 2.24) is 24.2 Å². The first-order chi connectivity index (χ1) is 30.3. The van der Waals surface area contributed by atoms with Gasteiger partial charge in [-0.3, -0.25) is 42.5 Å². The molecule has 0 saturated carbocycles. The molecular formula is C32H45F2N5O23P4. The third-order valence-corrected chi connectivity index (χ3v) is 14.3. The van der Waals surface area contributed by atoms with Gasteiger partial charge in [0.25, 0.3) is 11.1 Å². The highest BCUT2D eigenvalue weighted by molar-refractivity contribution is 7.66. The second-order valence-electron chi connectivity index (χ2n) is 14.7. The maximum atomic E-state index is 15.4. The summed E-state index contributed by atoms with van der Waals surface area (Å²) in [6.45, 7) is 4.76. The smallest absolute Gasteiger partial charge is 0.462 e. The van der Waals surface area contributed by atoms with Gasteiger partial charge in [-0.1, -0.05) is 18.2 Å². The van der Waals surface area contributed by atoms with Gasteiger partial charge in [-0.25, -0.2) is 36.6 Å². The van der Waals surface area contributed by atoms with Crippen LogP contribution in [0.25, 0.3) is 0 Å². The summed E-state index contributed by atoms with van der Waals surface area (Å²) >= 11 is 0. The van der Waals surface area contributed by atoms with Crippen molar-refractivity contribution in [3.63, 3.8) is 0 Å². The molecule has 0 spiro atoms. The molecule has 5 rings (SSSR count). The van der Waals surface area contributed by atoms with E-state index in [1.54, 1.807) is 32.0 Å². The third kappa shape index (κ3) is 14.6. The minimum absolute atomic E-state index is 0.152. The van der Waals surface area contributed by atoms with Crippen LogP contribution in [0.15, 0.2) is 74.0 Å². The molecule has 2 aromatic heterocycles. The number of nitrogens with zero attached hydrogens (tertiary/aromatic N) is 2. The van der Waals surface area contributed by atoms with Crippen LogP contribution in [-0.2, 0) is 54.9 Å². The van der Waals surface area contributed by atoms with Gasteiger partial charge < -0.3 is 48.5 Å². The van der Waals surface area contributed by atoms with Crippen LogP contribution in [0.5, 0.6) is 5.75 Å². The highest BCUT2D eigenvalue weighted by Gasteiger charge is 2.57. The monoisotopic (exact) mass is 1030 g/mol. The normalized spacial score (nSPS) is 28.6. The van der Waals surface area contributed by atoms with Crippen LogP contribution >= 0.6 is 31.2 Å². The first-order valence-electron chi connectivity index (χ1n) is 18.7. The molecule has 2 saturated heterocycles. The molecule has 9 N–H and O–H groups in total. The van der Waals surface area contributed by atoms with Crippen molar-refractivity contribution in [2.75, 3.05) is 13.2 Å². The number of carbonyl (C=O) groups is 1. The number of phosphoric acid groups is 3. The summed E-state index contributed by atoms with van der Waals surface area (Å²) in [5.41, 5.74) is -8.67. The number of hydrogen-bond acceptors (Lipinski definition) is 19. The summed E-state index contributed by atoms with van der Waals surface area (Å²) in [5, 5.41) is 23.1. The van der Waals surface area contributed by atoms with Crippen LogP contribution in [0.1, 0.15) is 47.1 Å². The van der Waals surface area contributed by atoms with E-state index in [4.69, 9.17) is 37.9 Å². The number of aliphatic hydroxyl groups is 2. The van der Waals surface area contributed by atoms with Crippen molar-refractivity contribution in [2.24, 2.45) is 0 Å². The summed E-state index contributed by atoms with van der Waals surface area (Å²) < 4.78 is 117. The number of phosphoric ester groups is 1. The summed E-state index contributed by atoms with van der Waals surface area (Å²) in [7, 11) is -21.2. The first-order valence-corrected chi connectivity index (χ1v) is 24.8. The van der Waals surface area contributed by atoms with Crippen LogP contribution < -0.4 is 32.1 Å². The molecule has 2 aliphatic heterocycles. The molecule has 370 valence electrons. The molecule has 4 heterocycles. The number of aliphatic hydroxyl groups excluding tert-OH is 2.